The molecule has 1 amide bonds. The van der Waals surface area contributed by atoms with E-state index in [1.165, 1.54) is 11.8 Å². The summed E-state index contributed by atoms with van der Waals surface area (Å²) in [4.78, 5) is 23.7. The van der Waals surface area contributed by atoms with Gasteiger partial charge < -0.3 is 5.32 Å². The lowest BCUT2D eigenvalue weighted by molar-refractivity contribution is -0.119. The predicted octanol–water partition coefficient (Wildman–Crippen LogP) is 1.82. The Balaban J connectivity index is 1.96. The molecule has 0 atom stereocenters. The number of aromatic amines is 1. The van der Waals surface area contributed by atoms with Crippen LogP contribution in [0.3, 0.4) is 0 Å². The first-order valence-corrected chi connectivity index (χ1v) is 8.47. The van der Waals surface area contributed by atoms with E-state index in [0.29, 0.717) is 11.7 Å². The predicted molar refractivity (Wildman–Crippen MR) is 91.6 cm³/mol. The number of hydrogen-bond acceptors (Lipinski definition) is 4. The quantitative estimate of drug-likeness (QED) is 0.790. The number of aryl methyl sites for hydroxylation is 1. The van der Waals surface area contributed by atoms with Crippen LogP contribution in [0.15, 0.2) is 40.3 Å². The SMILES string of the molecule is CC(C)(C)NC(=O)CSc1n[nH]c(=O)n1CCc1ccccc1. The van der Waals surface area contributed by atoms with E-state index < -0.39 is 0 Å². The Morgan fingerprint density at radius 2 is 2.00 bits per heavy atom. The first-order chi connectivity index (χ1) is 10.8. The zero-order valence-electron chi connectivity index (χ0n) is 13.6. The third-order valence-electron chi connectivity index (χ3n) is 3.04. The molecule has 1 aromatic carbocycles. The van der Waals surface area contributed by atoms with E-state index in [1.54, 1.807) is 4.57 Å². The summed E-state index contributed by atoms with van der Waals surface area (Å²) in [5.41, 5.74) is 0.637. The summed E-state index contributed by atoms with van der Waals surface area (Å²) in [6.07, 6.45) is 0.738. The van der Waals surface area contributed by atoms with Crippen LogP contribution in [-0.2, 0) is 17.8 Å². The highest BCUT2D eigenvalue weighted by Crippen LogP contribution is 2.14. The maximum atomic E-state index is 11.9. The van der Waals surface area contributed by atoms with Crippen LogP contribution in [0.1, 0.15) is 26.3 Å². The Morgan fingerprint density at radius 1 is 1.30 bits per heavy atom. The molecule has 1 aromatic heterocycles. The van der Waals surface area contributed by atoms with Crippen molar-refractivity contribution in [2.75, 3.05) is 5.75 Å². The zero-order valence-corrected chi connectivity index (χ0v) is 14.4. The highest BCUT2D eigenvalue weighted by molar-refractivity contribution is 7.99. The molecule has 0 fully saturated rings. The number of nitrogens with one attached hydrogen (secondary N) is 2. The van der Waals surface area contributed by atoms with Gasteiger partial charge in [-0.25, -0.2) is 9.89 Å². The largest absolute Gasteiger partial charge is 0.351 e. The lowest BCUT2D eigenvalue weighted by Gasteiger charge is -2.20. The molecule has 6 nitrogen and oxygen atoms in total. The van der Waals surface area contributed by atoms with Crippen molar-refractivity contribution in [3.63, 3.8) is 0 Å². The van der Waals surface area contributed by atoms with Gasteiger partial charge in [-0.1, -0.05) is 42.1 Å². The second-order valence-electron chi connectivity index (χ2n) is 6.29. The topological polar surface area (TPSA) is 79.8 Å². The Morgan fingerprint density at radius 3 is 2.65 bits per heavy atom. The smallest absolute Gasteiger partial charge is 0.343 e. The number of aromatic nitrogens is 3. The van der Waals surface area contributed by atoms with Crippen LogP contribution in [0.5, 0.6) is 0 Å². The van der Waals surface area contributed by atoms with Crippen LogP contribution >= 0.6 is 11.8 Å². The van der Waals surface area contributed by atoms with Gasteiger partial charge >= 0.3 is 5.69 Å². The normalized spacial score (nSPS) is 11.4. The summed E-state index contributed by atoms with van der Waals surface area (Å²) in [6, 6.07) is 9.95. The molecule has 0 spiro atoms. The number of carbonyl (C=O) groups excluding carboxylic acids is 1. The van der Waals surface area contributed by atoms with Gasteiger partial charge in [-0.15, -0.1) is 5.10 Å². The fourth-order valence-electron chi connectivity index (χ4n) is 2.08. The van der Waals surface area contributed by atoms with Gasteiger partial charge in [0.15, 0.2) is 5.16 Å². The molecule has 0 unspecified atom stereocenters. The Labute approximate surface area is 139 Å². The minimum Gasteiger partial charge on any atom is -0.351 e. The average Bonchev–Trinajstić information content (AvgIpc) is 2.83. The third kappa shape index (κ3) is 5.59. The molecule has 0 bridgehead atoms. The Kier molecular flexibility index (Phi) is 5.65. The summed E-state index contributed by atoms with van der Waals surface area (Å²) in [5, 5.41) is 9.88. The van der Waals surface area contributed by atoms with Gasteiger partial charge in [-0.3, -0.25) is 9.36 Å². The van der Waals surface area contributed by atoms with Crippen molar-refractivity contribution < 1.29 is 4.79 Å². The van der Waals surface area contributed by atoms with Crippen molar-refractivity contribution >= 4 is 17.7 Å². The summed E-state index contributed by atoms with van der Waals surface area (Å²) in [5.74, 6) is 0.153. The number of hydrogen-bond donors (Lipinski definition) is 2. The standard InChI is InChI=1S/C16H22N4O2S/c1-16(2,3)17-13(21)11-23-15-19-18-14(22)20(15)10-9-12-7-5-4-6-8-12/h4-8H,9-11H2,1-3H3,(H,17,21)(H,18,22). The molecule has 0 saturated heterocycles. The van der Waals surface area contributed by atoms with Gasteiger partial charge in [-0.05, 0) is 32.8 Å². The van der Waals surface area contributed by atoms with Crippen molar-refractivity contribution in [2.45, 2.75) is 44.4 Å². The van der Waals surface area contributed by atoms with Crippen LogP contribution in [0.4, 0.5) is 0 Å². The number of carbonyl (C=O) groups is 1. The van der Waals surface area contributed by atoms with Gasteiger partial charge in [0, 0.05) is 12.1 Å². The van der Waals surface area contributed by atoms with E-state index in [-0.39, 0.29) is 22.9 Å². The molecule has 0 aliphatic rings. The fourth-order valence-corrected chi connectivity index (χ4v) is 2.85. The maximum Gasteiger partial charge on any atom is 0.343 e. The molecule has 1 heterocycles. The average molecular weight is 334 g/mol. The molecule has 2 aromatic rings. The van der Waals surface area contributed by atoms with Crippen LogP contribution in [0, 0.1) is 0 Å². The Hall–Kier alpha value is -2.02. The van der Waals surface area contributed by atoms with E-state index in [0.717, 1.165) is 12.0 Å². The first-order valence-electron chi connectivity index (χ1n) is 7.48. The summed E-state index contributed by atoms with van der Waals surface area (Å²) in [6.45, 7) is 6.32. The molecule has 2 rings (SSSR count). The van der Waals surface area contributed by atoms with Crippen LogP contribution in [0.25, 0.3) is 0 Å². The van der Waals surface area contributed by atoms with Crippen molar-refractivity contribution in [2.24, 2.45) is 0 Å². The lowest BCUT2D eigenvalue weighted by atomic mass is 10.1. The summed E-state index contributed by atoms with van der Waals surface area (Å²) >= 11 is 1.26. The van der Waals surface area contributed by atoms with E-state index >= 15 is 0 Å². The van der Waals surface area contributed by atoms with E-state index in [2.05, 4.69) is 15.5 Å². The van der Waals surface area contributed by atoms with E-state index in [1.807, 2.05) is 51.1 Å². The van der Waals surface area contributed by atoms with Crippen molar-refractivity contribution in [1.29, 1.82) is 0 Å². The number of amides is 1. The molecule has 2 N–H and O–H groups in total. The van der Waals surface area contributed by atoms with Crippen molar-refractivity contribution in [3.8, 4) is 0 Å². The number of benzene rings is 1. The highest BCUT2D eigenvalue weighted by atomic mass is 32.2. The molecule has 23 heavy (non-hydrogen) atoms. The second kappa shape index (κ2) is 7.50. The highest BCUT2D eigenvalue weighted by Gasteiger charge is 2.16. The summed E-state index contributed by atoms with van der Waals surface area (Å²) in [7, 11) is 0. The molecule has 0 aliphatic carbocycles. The molecule has 7 heteroatoms. The fraction of sp³-hybridized carbons (Fsp3) is 0.438. The molecular formula is C16H22N4O2S. The molecule has 0 saturated carbocycles. The molecule has 0 aliphatic heterocycles. The van der Waals surface area contributed by atoms with Gasteiger partial charge in [-0.2, -0.15) is 0 Å². The number of nitrogens with zero attached hydrogens (tertiary/aromatic N) is 2. The van der Waals surface area contributed by atoms with Crippen LogP contribution in [0.2, 0.25) is 0 Å². The van der Waals surface area contributed by atoms with E-state index in [4.69, 9.17) is 0 Å². The van der Waals surface area contributed by atoms with Crippen molar-refractivity contribution in [1.82, 2.24) is 20.1 Å². The maximum absolute atomic E-state index is 11.9. The van der Waals surface area contributed by atoms with Crippen molar-refractivity contribution in [3.05, 3.63) is 46.4 Å². The molecule has 124 valence electrons. The van der Waals surface area contributed by atoms with Gasteiger partial charge in [0.25, 0.3) is 0 Å². The number of thioether (sulfide) groups is 1. The number of rotatable bonds is 6. The monoisotopic (exact) mass is 334 g/mol. The van der Waals surface area contributed by atoms with Gasteiger partial charge in [0.1, 0.15) is 0 Å². The summed E-state index contributed by atoms with van der Waals surface area (Å²) < 4.78 is 1.57. The van der Waals surface area contributed by atoms with Gasteiger partial charge in [0.05, 0.1) is 5.75 Å². The number of H-pyrrole nitrogens is 1. The minimum atomic E-state index is -0.268. The van der Waals surface area contributed by atoms with Crippen LogP contribution in [-0.4, -0.2) is 32.0 Å². The molecular weight excluding hydrogens is 312 g/mol. The van der Waals surface area contributed by atoms with E-state index in [9.17, 15) is 9.59 Å². The second-order valence-corrected chi connectivity index (χ2v) is 7.23. The minimum absolute atomic E-state index is 0.0763. The van der Waals surface area contributed by atoms with Gasteiger partial charge in [0.2, 0.25) is 5.91 Å². The van der Waals surface area contributed by atoms with Crippen LogP contribution < -0.4 is 11.0 Å². The first kappa shape index (κ1) is 17.3. The third-order valence-corrected chi connectivity index (χ3v) is 4.01. The zero-order chi connectivity index (χ0) is 16.9. The molecule has 0 radical (unpaired) electrons. The lowest BCUT2D eigenvalue weighted by Crippen LogP contribution is -2.41. The Bertz CT molecular complexity index is 701.